The van der Waals surface area contributed by atoms with Crippen LogP contribution in [0.25, 0.3) is 0 Å². The molecule has 5 heteroatoms. The van der Waals surface area contributed by atoms with E-state index in [0.29, 0.717) is 5.56 Å². The molecule has 1 unspecified atom stereocenters. The van der Waals surface area contributed by atoms with Crippen molar-refractivity contribution in [2.75, 3.05) is 0 Å². The van der Waals surface area contributed by atoms with Crippen molar-refractivity contribution in [1.29, 1.82) is 0 Å². The summed E-state index contributed by atoms with van der Waals surface area (Å²) in [4.78, 5) is 12.9. The average Bonchev–Trinajstić information content (AvgIpc) is 2.69. The van der Waals surface area contributed by atoms with Gasteiger partial charge in [-0.3, -0.25) is 4.79 Å². The summed E-state index contributed by atoms with van der Waals surface area (Å²) in [6, 6.07) is 6.93. The van der Waals surface area contributed by atoms with Crippen LogP contribution in [0.15, 0.2) is 33.7 Å². The molecule has 1 heterocycles. The van der Waals surface area contributed by atoms with E-state index >= 15 is 0 Å². The van der Waals surface area contributed by atoms with Crippen LogP contribution in [0, 0.1) is 13.8 Å². The number of amides is 1. The lowest BCUT2D eigenvalue weighted by atomic mass is 10.1. The number of rotatable bonds is 3. The summed E-state index contributed by atoms with van der Waals surface area (Å²) in [5.74, 6) is 0.608. The molecule has 1 amide bonds. The smallest absolute Gasteiger partial charge is 0.251 e. The monoisotopic (exact) mass is 276 g/mol. The van der Waals surface area contributed by atoms with Crippen molar-refractivity contribution in [2.45, 2.75) is 31.7 Å². The van der Waals surface area contributed by atoms with E-state index < -0.39 is 0 Å². The van der Waals surface area contributed by atoms with E-state index in [1.807, 2.05) is 20.8 Å². The van der Waals surface area contributed by atoms with Crippen LogP contribution in [0.5, 0.6) is 0 Å². The van der Waals surface area contributed by atoms with Crippen LogP contribution in [0.3, 0.4) is 0 Å². The number of nitrogens with one attached hydrogen (secondary N) is 1. The van der Waals surface area contributed by atoms with Gasteiger partial charge >= 0.3 is 0 Å². The Kier molecular flexibility index (Phi) is 3.95. The SMILES string of the molecule is Cc1noc(C)c1C(C)NC(=O)c1ccc(S)cc1. The van der Waals surface area contributed by atoms with Crippen molar-refractivity contribution in [2.24, 2.45) is 0 Å². The predicted molar refractivity (Wildman–Crippen MR) is 75.6 cm³/mol. The molecule has 1 aromatic heterocycles. The van der Waals surface area contributed by atoms with Crippen molar-refractivity contribution in [1.82, 2.24) is 10.5 Å². The highest BCUT2D eigenvalue weighted by molar-refractivity contribution is 7.80. The Morgan fingerprint density at radius 1 is 1.32 bits per heavy atom. The van der Waals surface area contributed by atoms with Crippen LogP contribution in [-0.4, -0.2) is 11.1 Å². The Hall–Kier alpha value is -1.75. The lowest BCUT2D eigenvalue weighted by Crippen LogP contribution is -2.27. The first kappa shape index (κ1) is 13.7. The lowest BCUT2D eigenvalue weighted by molar-refractivity contribution is 0.0939. The summed E-state index contributed by atoms with van der Waals surface area (Å²) in [7, 11) is 0. The standard InChI is InChI=1S/C14H16N2O2S/c1-8(13-9(2)16-18-10(13)3)15-14(17)11-4-6-12(19)7-5-11/h4-8,19H,1-3H3,(H,15,17). The zero-order valence-corrected chi connectivity index (χ0v) is 12.0. The lowest BCUT2D eigenvalue weighted by Gasteiger charge is -2.13. The van der Waals surface area contributed by atoms with Crippen LogP contribution in [-0.2, 0) is 0 Å². The van der Waals surface area contributed by atoms with Crippen molar-refractivity contribution in [3.8, 4) is 0 Å². The van der Waals surface area contributed by atoms with Gasteiger partial charge in [-0.2, -0.15) is 0 Å². The molecule has 0 aliphatic heterocycles. The number of nitrogens with zero attached hydrogens (tertiary/aromatic N) is 1. The first-order valence-corrected chi connectivity index (χ1v) is 6.46. The van der Waals surface area contributed by atoms with E-state index in [9.17, 15) is 4.79 Å². The normalized spacial score (nSPS) is 12.2. The first-order chi connectivity index (χ1) is 8.99. The number of carbonyl (C=O) groups excluding carboxylic acids is 1. The summed E-state index contributed by atoms with van der Waals surface area (Å²) in [5.41, 5.74) is 2.34. The van der Waals surface area contributed by atoms with Gasteiger partial charge in [0.2, 0.25) is 0 Å². The summed E-state index contributed by atoms with van der Waals surface area (Å²) in [5, 5.41) is 6.83. The molecular formula is C14H16N2O2S. The molecule has 0 aliphatic carbocycles. The molecular weight excluding hydrogens is 260 g/mol. The van der Waals surface area contributed by atoms with Gasteiger partial charge in [0.25, 0.3) is 5.91 Å². The minimum atomic E-state index is -0.144. The predicted octanol–water partition coefficient (Wildman–Crippen LogP) is 3.07. The topological polar surface area (TPSA) is 55.1 Å². The largest absolute Gasteiger partial charge is 0.361 e. The van der Waals surface area contributed by atoms with Crippen LogP contribution < -0.4 is 5.32 Å². The molecule has 100 valence electrons. The summed E-state index contributed by atoms with van der Waals surface area (Å²) >= 11 is 4.19. The Labute approximate surface area is 117 Å². The Morgan fingerprint density at radius 2 is 1.95 bits per heavy atom. The fourth-order valence-corrected chi connectivity index (χ4v) is 2.22. The van der Waals surface area contributed by atoms with Crippen molar-refractivity contribution in [3.63, 3.8) is 0 Å². The van der Waals surface area contributed by atoms with Gasteiger partial charge < -0.3 is 9.84 Å². The van der Waals surface area contributed by atoms with E-state index in [1.165, 1.54) is 0 Å². The van der Waals surface area contributed by atoms with E-state index in [-0.39, 0.29) is 11.9 Å². The quantitative estimate of drug-likeness (QED) is 0.847. The Morgan fingerprint density at radius 3 is 2.47 bits per heavy atom. The van der Waals surface area contributed by atoms with Gasteiger partial charge in [-0.1, -0.05) is 5.16 Å². The average molecular weight is 276 g/mol. The molecule has 0 spiro atoms. The highest BCUT2D eigenvalue weighted by atomic mass is 32.1. The molecule has 0 saturated heterocycles. The van der Waals surface area contributed by atoms with Crippen molar-refractivity contribution in [3.05, 3.63) is 46.8 Å². The third-order valence-corrected chi connectivity index (χ3v) is 3.30. The number of thiol groups is 1. The number of hydrogen-bond acceptors (Lipinski definition) is 4. The van der Waals surface area contributed by atoms with Gasteiger partial charge in [0.1, 0.15) is 5.76 Å². The zero-order chi connectivity index (χ0) is 14.0. The van der Waals surface area contributed by atoms with Crippen LogP contribution >= 0.6 is 12.6 Å². The summed E-state index contributed by atoms with van der Waals surface area (Å²) < 4.78 is 5.11. The van der Waals surface area contributed by atoms with Crippen LogP contribution in [0.2, 0.25) is 0 Å². The Balaban J connectivity index is 2.13. The number of aromatic nitrogens is 1. The molecule has 19 heavy (non-hydrogen) atoms. The maximum Gasteiger partial charge on any atom is 0.251 e. The minimum Gasteiger partial charge on any atom is -0.361 e. The second-order valence-corrected chi connectivity index (χ2v) is 5.00. The van der Waals surface area contributed by atoms with Crippen LogP contribution in [0.1, 0.15) is 40.3 Å². The fourth-order valence-electron chi connectivity index (χ4n) is 2.07. The fraction of sp³-hybridized carbons (Fsp3) is 0.286. The second kappa shape index (κ2) is 5.48. The molecule has 1 atom stereocenters. The first-order valence-electron chi connectivity index (χ1n) is 6.01. The van der Waals surface area contributed by atoms with Gasteiger partial charge in [-0.25, -0.2) is 0 Å². The van der Waals surface area contributed by atoms with Crippen molar-refractivity contribution >= 4 is 18.5 Å². The third-order valence-electron chi connectivity index (χ3n) is 3.00. The number of aryl methyl sites for hydroxylation is 2. The van der Waals surface area contributed by atoms with E-state index in [1.54, 1.807) is 24.3 Å². The van der Waals surface area contributed by atoms with Crippen LogP contribution in [0.4, 0.5) is 0 Å². The molecule has 2 rings (SSSR count). The molecule has 0 radical (unpaired) electrons. The second-order valence-electron chi connectivity index (χ2n) is 4.48. The summed E-state index contributed by atoms with van der Waals surface area (Å²) in [6.07, 6.45) is 0. The minimum absolute atomic E-state index is 0.124. The van der Waals surface area contributed by atoms with E-state index in [4.69, 9.17) is 4.52 Å². The summed E-state index contributed by atoms with van der Waals surface area (Å²) in [6.45, 7) is 5.62. The third kappa shape index (κ3) is 2.98. The van der Waals surface area contributed by atoms with E-state index in [2.05, 4.69) is 23.1 Å². The number of benzene rings is 1. The molecule has 1 aromatic carbocycles. The maximum absolute atomic E-state index is 12.1. The zero-order valence-electron chi connectivity index (χ0n) is 11.1. The van der Waals surface area contributed by atoms with Crippen molar-refractivity contribution < 1.29 is 9.32 Å². The molecule has 0 fully saturated rings. The van der Waals surface area contributed by atoms with Gasteiger partial charge in [0.05, 0.1) is 11.7 Å². The molecule has 0 bridgehead atoms. The number of hydrogen-bond donors (Lipinski definition) is 2. The van der Waals surface area contributed by atoms with Gasteiger partial charge in [0.15, 0.2) is 0 Å². The molecule has 2 aromatic rings. The van der Waals surface area contributed by atoms with E-state index in [0.717, 1.165) is 21.9 Å². The number of carbonyl (C=O) groups is 1. The highest BCUT2D eigenvalue weighted by Gasteiger charge is 2.18. The molecule has 0 saturated carbocycles. The molecule has 4 nitrogen and oxygen atoms in total. The Bertz CT molecular complexity index is 570. The van der Waals surface area contributed by atoms with Gasteiger partial charge in [0, 0.05) is 16.0 Å². The van der Waals surface area contributed by atoms with Gasteiger partial charge in [-0.05, 0) is 45.0 Å². The molecule has 0 aliphatic rings. The van der Waals surface area contributed by atoms with Gasteiger partial charge in [-0.15, -0.1) is 12.6 Å². The molecule has 1 N–H and O–H groups in total. The highest BCUT2D eigenvalue weighted by Crippen LogP contribution is 2.21. The maximum atomic E-state index is 12.1.